The molecule has 1 fully saturated rings. The van der Waals surface area contributed by atoms with Crippen molar-refractivity contribution in [2.24, 2.45) is 7.05 Å². The number of hydrogen-bond donors (Lipinski definition) is 3. The van der Waals surface area contributed by atoms with Gasteiger partial charge in [-0.3, -0.25) is 9.89 Å². The van der Waals surface area contributed by atoms with Crippen LogP contribution in [0.3, 0.4) is 0 Å². The molecular formula is C19H28N6O3. The molecule has 0 aromatic carbocycles. The van der Waals surface area contributed by atoms with Crippen LogP contribution in [-0.2, 0) is 11.8 Å². The summed E-state index contributed by atoms with van der Waals surface area (Å²) in [4.78, 5) is 23.6. The van der Waals surface area contributed by atoms with Gasteiger partial charge in [-0.05, 0) is 52.5 Å². The number of amides is 1. The third-order valence-electron chi connectivity index (χ3n) is 4.70. The number of carbonyl (C=O) groups excluding carboxylic acids is 1. The average Bonchev–Trinajstić information content (AvgIpc) is 3.20. The first-order valence-electron chi connectivity index (χ1n) is 9.47. The molecule has 28 heavy (non-hydrogen) atoms. The van der Waals surface area contributed by atoms with Gasteiger partial charge >= 0.3 is 6.09 Å². The Kier molecular flexibility index (Phi) is 5.44. The molecule has 1 saturated carbocycles. The lowest BCUT2D eigenvalue weighted by atomic mass is 10.0. The largest absolute Gasteiger partial charge is 0.446 e. The van der Waals surface area contributed by atoms with E-state index >= 15 is 0 Å². The molecule has 2 atom stereocenters. The third-order valence-corrected chi connectivity index (χ3v) is 4.70. The molecule has 0 radical (unpaired) electrons. The van der Waals surface area contributed by atoms with Crippen LogP contribution in [0.2, 0.25) is 0 Å². The van der Waals surface area contributed by atoms with Crippen LogP contribution in [0.15, 0.2) is 16.9 Å². The molecule has 1 aliphatic carbocycles. The zero-order valence-electron chi connectivity index (χ0n) is 17.0. The molecule has 2 heterocycles. The van der Waals surface area contributed by atoms with E-state index in [9.17, 15) is 9.59 Å². The molecule has 0 spiro atoms. The van der Waals surface area contributed by atoms with E-state index in [1.807, 2.05) is 33.8 Å². The van der Waals surface area contributed by atoms with E-state index in [0.29, 0.717) is 11.6 Å². The fourth-order valence-electron chi connectivity index (χ4n) is 3.30. The molecule has 1 amide bonds. The molecule has 1 aliphatic rings. The number of rotatable bonds is 4. The number of aryl methyl sites for hydroxylation is 2. The molecule has 9 nitrogen and oxygen atoms in total. The molecule has 0 saturated heterocycles. The highest BCUT2D eigenvalue weighted by Crippen LogP contribution is 2.36. The minimum atomic E-state index is -0.374. The highest BCUT2D eigenvalue weighted by Gasteiger charge is 2.30. The van der Waals surface area contributed by atoms with E-state index in [1.54, 1.807) is 7.05 Å². The molecule has 0 bridgehead atoms. The van der Waals surface area contributed by atoms with Gasteiger partial charge in [-0.2, -0.15) is 10.2 Å². The van der Waals surface area contributed by atoms with E-state index < -0.39 is 0 Å². The maximum absolute atomic E-state index is 12.0. The van der Waals surface area contributed by atoms with E-state index in [1.165, 1.54) is 10.7 Å². The van der Waals surface area contributed by atoms with Crippen LogP contribution in [0, 0.1) is 6.92 Å². The van der Waals surface area contributed by atoms with Crippen molar-refractivity contribution in [3.63, 3.8) is 0 Å². The maximum atomic E-state index is 12.0. The Morgan fingerprint density at radius 2 is 2.07 bits per heavy atom. The topological polar surface area (TPSA) is 114 Å². The van der Waals surface area contributed by atoms with Crippen LogP contribution in [-0.4, -0.2) is 37.7 Å². The molecule has 2 unspecified atom stereocenters. The Morgan fingerprint density at radius 3 is 2.79 bits per heavy atom. The minimum Gasteiger partial charge on any atom is -0.446 e. The fraction of sp³-hybridized carbons (Fsp3) is 0.579. The number of carbonyl (C=O) groups is 1. The first kappa shape index (κ1) is 19.9. The lowest BCUT2D eigenvalue weighted by Crippen LogP contribution is -2.42. The van der Waals surface area contributed by atoms with Gasteiger partial charge in [0, 0.05) is 36.3 Å². The van der Waals surface area contributed by atoms with E-state index in [2.05, 4.69) is 25.9 Å². The monoisotopic (exact) mass is 388 g/mol. The molecule has 2 aromatic rings. The summed E-state index contributed by atoms with van der Waals surface area (Å²) in [6.07, 6.45) is 2.04. The third kappa shape index (κ3) is 4.90. The second-order valence-corrected chi connectivity index (χ2v) is 8.38. The first-order chi connectivity index (χ1) is 13.1. The van der Waals surface area contributed by atoms with Crippen molar-refractivity contribution in [3.8, 4) is 0 Å². The zero-order chi connectivity index (χ0) is 20.5. The number of hydrogen-bond acceptors (Lipinski definition) is 6. The van der Waals surface area contributed by atoms with Crippen LogP contribution in [0.4, 0.5) is 16.4 Å². The SMILES string of the molecule is Cc1cc(=O)n(C)nc1Nc1cc(C2CCC(OC(=O)NC(C)(C)C)C2)[nH]n1. The molecule has 9 heteroatoms. The van der Waals surface area contributed by atoms with Gasteiger partial charge < -0.3 is 15.4 Å². The standard InChI is InChI=1S/C19H28N6O3/c1-11-8-16(26)25(5)24-17(11)20-15-10-14(22-23-15)12-6-7-13(9-12)28-18(27)21-19(2,3)4/h8,10,12-13H,6-7,9H2,1-5H3,(H,21,27)(H2,20,22,23,24). The van der Waals surface area contributed by atoms with Crippen LogP contribution in [0.5, 0.6) is 0 Å². The van der Waals surface area contributed by atoms with Crippen LogP contribution >= 0.6 is 0 Å². The smallest absolute Gasteiger partial charge is 0.407 e. The molecular weight excluding hydrogens is 360 g/mol. The summed E-state index contributed by atoms with van der Waals surface area (Å²) in [7, 11) is 1.61. The molecule has 3 N–H and O–H groups in total. The van der Waals surface area contributed by atoms with Crippen molar-refractivity contribution in [2.75, 3.05) is 5.32 Å². The number of anilines is 2. The highest BCUT2D eigenvalue weighted by molar-refractivity contribution is 5.68. The van der Waals surface area contributed by atoms with Crippen molar-refractivity contribution < 1.29 is 9.53 Å². The molecule has 3 rings (SSSR count). The van der Waals surface area contributed by atoms with E-state index in [-0.39, 0.29) is 29.2 Å². The van der Waals surface area contributed by atoms with Gasteiger partial charge in [-0.15, -0.1) is 0 Å². The van der Waals surface area contributed by atoms with E-state index in [4.69, 9.17) is 4.74 Å². The van der Waals surface area contributed by atoms with E-state index in [0.717, 1.165) is 30.5 Å². The molecule has 2 aromatic heterocycles. The number of ether oxygens (including phenoxy) is 1. The Balaban J connectivity index is 1.60. The van der Waals surface area contributed by atoms with Crippen LogP contribution in [0.1, 0.15) is 57.2 Å². The number of H-pyrrole nitrogens is 1. The second kappa shape index (κ2) is 7.65. The normalized spacial score (nSPS) is 19.5. The highest BCUT2D eigenvalue weighted by atomic mass is 16.6. The van der Waals surface area contributed by atoms with Gasteiger partial charge in [0.05, 0.1) is 0 Å². The number of nitrogens with zero attached hydrogens (tertiary/aromatic N) is 3. The van der Waals surface area contributed by atoms with Crippen molar-refractivity contribution in [1.29, 1.82) is 0 Å². The van der Waals surface area contributed by atoms with Crippen molar-refractivity contribution in [1.82, 2.24) is 25.3 Å². The lowest BCUT2D eigenvalue weighted by molar-refractivity contribution is 0.0937. The lowest BCUT2D eigenvalue weighted by Gasteiger charge is -2.22. The van der Waals surface area contributed by atoms with Crippen LogP contribution in [0.25, 0.3) is 0 Å². The quantitative estimate of drug-likeness (QED) is 0.742. The summed E-state index contributed by atoms with van der Waals surface area (Å²) in [5.74, 6) is 1.48. The number of alkyl carbamates (subject to hydrolysis) is 1. The Hall–Kier alpha value is -2.84. The molecule has 0 aliphatic heterocycles. The fourth-order valence-corrected chi connectivity index (χ4v) is 3.30. The predicted octanol–water partition coefficient (Wildman–Crippen LogP) is 2.72. The van der Waals surface area contributed by atoms with Crippen LogP contribution < -0.4 is 16.2 Å². The summed E-state index contributed by atoms with van der Waals surface area (Å²) in [5, 5.41) is 17.6. The van der Waals surface area contributed by atoms with Crippen molar-refractivity contribution in [2.45, 2.75) is 64.5 Å². The second-order valence-electron chi connectivity index (χ2n) is 8.38. The van der Waals surface area contributed by atoms with Gasteiger partial charge in [-0.1, -0.05) is 0 Å². The first-order valence-corrected chi connectivity index (χ1v) is 9.47. The summed E-state index contributed by atoms with van der Waals surface area (Å²) in [6.45, 7) is 7.59. The average molecular weight is 388 g/mol. The van der Waals surface area contributed by atoms with Gasteiger partial charge in [-0.25, -0.2) is 9.48 Å². The number of aromatic nitrogens is 4. The Bertz CT molecular complexity index is 911. The summed E-state index contributed by atoms with van der Waals surface area (Å²) >= 11 is 0. The Morgan fingerprint density at radius 1 is 1.32 bits per heavy atom. The summed E-state index contributed by atoms with van der Waals surface area (Å²) in [6, 6.07) is 3.47. The van der Waals surface area contributed by atoms with Crippen molar-refractivity contribution >= 4 is 17.7 Å². The van der Waals surface area contributed by atoms with Gasteiger partial charge in [0.1, 0.15) is 6.10 Å². The Labute approximate surface area is 163 Å². The van der Waals surface area contributed by atoms with Gasteiger partial charge in [0.2, 0.25) is 0 Å². The maximum Gasteiger partial charge on any atom is 0.407 e. The number of nitrogens with one attached hydrogen (secondary N) is 3. The van der Waals surface area contributed by atoms with Gasteiger partial charge in [0.25, 0.3) is 5.56 Å². The van der Waals surface area contributed by atoms with Gasteiger partial charge in [0.15, 0.2) is 11.6 Å². The summed E-state index contributed by atoms with van der Waals surface area (Å²) < 4.78 is 6.82. The molecule has 152 valence electrons. The minimum absolute atomic E-state index is 0.0976. The predicted molar refractivity (Wildman–Crippen MR) is 106 cm³/mol. The summed E-state index contributed by atoms with van der Waals surface area (Å²) in [5.41, 5.74) is 1.28. The zero-order valence-corrected chi connectivity index (χ0v) is 17.0. The van der Waals surface area contributed by atoms with Crippen molar-refractivity contribution in [3.05, 3.63) is 33.7 Å². The number of aromatic amines is 1.